The highest BCUT2D eigenvalue weighted by Crippen LogP contribution is 2.11. The molecule has 0 fully saturated rings. The van der Waals surface area contributed by atoms with Gasteiger partial charge in [-0.1, -0.05) is 24.3 Å². The lowest BCUT2D eigenvalue weighted by Crippen LogP contribution is -2.33. The zero-order valence-electron chi connectivity index (χ0n) is 15.7. The molecule has 6 heteroatoms. The van der Waals surface area contributed by atoms with Crippen molar-refractivity contribution in [1.82, 2.24) is 15.6 Å². The molecule has 140 valence electrons. The zero-order chi connectivity index (χ0) is 19.0. The lowest BCUT2D eigenvalue weighted by Gasteiger charge is -2.19. The van der Waals surface area contributed by atoms with E-state index in [9.17, 15) is 9.59 Å². The first-order chi connectivity index (χ1) is 12.3. The molecular weight excluding hydrogens is 330 g/mol. The number of nitrogens with zero attached hydrogens (tertiary/aromatic N) is 1. The SMILES string of the molecule is CC(C)(C)OC(=O)NCCCCCNC(=O)c1ccc2ccccc2n1. The molecule has 0 bridgehead atoms. The third-order valence-corrected chi connectivity index (χ3v) is 3.64. The maximum atomic E-state index is 12.2. The van der Waals surface area contributed by atoms with E-state index in [1.807, 2.05) is 51.1 Å². The van der Waals surface area contributed by atoms with Gasteiger partial charge in [-0.15, -0.1) is 0 Å². The Hall–Kier alpha value is -2.63. The number of alkyl carbamates (subject to hydrolysis) is 1. The Morgan fingerprint density at radius 2 is 1.65 bits per heavy atom. The summed E-state index contributed by atoms with van der Waals surface area (Å²) in [5, 5.41) is 6.62. The highest BCUT2D eigenvalue weighted by molar-refractivity contribution is 5.94. The van der Waals surface area contributed by atoms with Crippen LogP contribution in [0.5, 0.6) is 0 Å². The minimum atomic E-state index is -0.481. The third-order valence-electron chi connectivity index (χ3n) is 3.64. The highest BCUT2D eigenvalue weighted by atomic mass is 16.6. The number of hydrogen-bond donors (Lipinski definition) is 2. The predicted octanol–water partition coefficient (Wildman–Crippen LogP) is 3.66. The van der Waals surface area contributed by atoms with Gasteiger partial charge in [-0.05, 0) is 52.2 Å². The summed E-state index contributed by atoms with van der Waals surface area (Å²) in [7, 11) is 0. The Morgan fingerprint density at radius 3 is 2.38 bits per heavy atom. The van der Waals surface area contributed by atoms with E-state index in [0.717, 1.165) is 30.2 Å². The Morgan fingerprint density at radius 1 is 0.962 bits per heavy atom. The first-order valence-corrected chi connectivity index (χ1v) is 8.96. The first-order valence-electron chi connectivity index (χ1n) is 8.96. The molecule has 2 rings (SSSR count). The van der Waals surface area contributed by atoms with Crippen molar-refractivity contribution in [1.29, 1.82) is 0 Å². The molecule has 2 amide bonds. The number of rotatable bonds is 7. The van der Waals surface area contributed by atoms with Crippen molar-refractivity contribution >= 4 is 22.9 Å². The van der Waals surface area contributed by atoms with Gasteiger partial charge < -0.3 is 15.4 Å². The number of carbonyl (C=O) groups is 2. The van der Waals surface area contributed by atoms with Crippen LogP contribution in [0.1, 0.15) is 50.5 Å². The summed E-state index contributed by atoms with van der Waals surface area (Å²) < 4.78 is 5.16. The van der Waals surface area contributed by atoms with E-state index in [1.54, 1.807) is 6.07 Å². The van der Waals surface area contributed by atoms with Crippen LogP contribution >= 0.6 is 0 Å². The van der Waals surface area contributed by atoms with Crippen molar-refractivity contribution in [3.8, 4) is 0 Å². The van der Waals surface area contributed by atoms with Crippen LogP contribution in [-0.2, 0) is 4.74 Å². The number of para-hydroxylation sites is 1. The third kappa shape index (κ3) is 6.70. The molecule has 0 atom stereocenters. The average Bonchev–Trinajstić information content (AvgIpc) is 2.58. The maximum absolute atomic E-state index is 12.2. The summed E-state index contributed by atoms with van der Waals surface area (Å²) >= 11 is 0. The van der Waals surface area contributed by atoms with Gasteiger partial charge in [0.15, 0.2) is 0 Å². The molecule has 0 saturated carbocycles. The summed E-state index contributed by atoms with van der Waals surface area (Å²) in [5.74, 6) is -0.164. The molecule has 26 heavy (non-hydrogen) atoms. The Kier molecular flexibility index (Phi) is 6.95. The number of aromatic nitrogens is 1. The Balaban J connectivity index is 1.62. The molecule has 0 spiro atoms. The molecule has 0 unspecified atom stereocenters. The lowest BCUT2D eigenvalue weighted by atomic mass is 10.2. The zero-order valence-corrected chi connectivity index (χ0v) is 15.7. The molecule has 0 radical (unpaired) electrons. The van der Waals surface area contributed by atoms with Gasteiger partial charge in [-0.25, -0.2) is 9.78 Å². The number of carbonyl (C=O) groups excluding carboxylic acids is 2. The van der Waals surface area contributed by atoms with Crippen LogP contribution in [0.15, 0.2) is 36.4 Å². The van der Waals surface area contributed by atoms with Crippen molar-refractivity contribution in [2.75, 3.05) is 13.1 Å². The van der Waals surface area contributed by atoms with Crippen molar-refractivity contribution in [3.05, 3.63) is 42.1 Å². The smallest absolute Gasteiger partial charge is 0.407 e. The summed E-state index contributed by atoms with van der Waals surface area (Å²) in [5.41, 5.74) is 0.759. The van der Waals surface area contributed by atoms with E-state index < -0.39 is 11.7 Å². The van der Waals surface area contributed by atoms with Crippen LogP contribution in [0.2, 0.25) is 0 Å². The van der Waals surface area contributed by atoms with E-state index in [0.29, 0.717) is 18.8 Å². The van der Waals surface area contributed by atoms with Gasteiger partial charge in [0.1, 0.15) is 11.3 Å². The van der Waals surface area contributed by atoms with Crippen LogP contribution in [0.25, 0.3) is 10.9 Å². The largest absolute Gasteiger partial charge is 0.444 e. The van der Waals surface area contributed by atoms with E-state index >= 15 is 0 Å². The molecule has 0 aliphatic carbocycles. The normalized spacial score (nSPS) is 11.2. The molecule has 0 aliphatic rings. The highest BCUT2D eigenvalue weighted by Gasteiger charge is 2.15. The van der Waals surface area contributed by atoms with Gasteiger partial charge in [0.05, 0.1) is 5.52 Å². The molecule has 6 nitrogen and oxygen atoms in total. The van der Waals surface area contributed by atoms with Crippen LogP contribution in [0.3, 0.4) is 0 Å². The second-order valence-electron chi connectivity index (χ2n) is 7.13. The van der Waals surface area contributed by atoms with Crippen LogP contribution < -0.4 is 10.6 Å². The quantitative estimate of drug-likeness (QED) is 0.741. The topological polar surface area (TPSA) is 80.3 Å². The van der Waals surface area contributed by atoms with Crippen molar-refractivity contribution < 1.29 is 14.3 Å². The monoisotopic (exact) mass is 357 g/mol. The Bertz CT molecular complexity index is 753. The van der Waals surface area contributed by atoms with Crippen molar-refractivity contribution in [2.45, 2.75) is 45.6 Å². The van der Waals surface area contributed by atoms with E-state index in [2.05, 4.69) is 15.6 Å². The van der Waals surface area contributed by atoms with Gasteiger partial charge in [0, 0.05) is 18.5 Å². The molecule has 0 saturated heterocycles. The van der Waals surface area contributed by atoms with Crippen molar-refractivity contribution in [2.24, 2.45) is 0 Å². The second-order valence-corrected chi connectivity index (χ2v) is 7.13. The minimum Gasteiger partial charge on any atom is -0.444 e. The summed E-state index contributed by atoms with van der Waals surface area (Å²) in [6.07, 6.45) is 2.19. The summed E-state index contributed by atoms with van der Waals surface area (Å²) in [4.78, 5) is 28.0. The maximum Gasteiger partial charge on any atom is 0.407 e. The number of fused-ring (bicyclic) bond motifs is 1. The molecule has 1 aromatic carbocycles. The van der Waals surface area contributed by atoms with Gasteiger partial charge in [0.2, 0.25) is 0 Å². The number of nitrogens with one attached hydrogen (secondary N) is 2. The molecule has 1 heterocycles. The van der Waals surface area contributed by atoms with Crippen LogP contribution in [-0.4, -0.2) is 35.7 Å². The number of ether oxygens (including phenoxy) is 1. The fraction of sp³-hybridized carbons (Fsp3) is 0.450. The summed E-state index contributed by atoms with van der Waals surface area (Å²) in [6.45, 7) is 6.65. The van der Waals surface area contributed by atoms with Gasteiger partial charge >= 0.3 is 6.09 Å². The molecular formula is C20H27N3O3. The van der Waals surface area contributed by atoms with E-state index in [4.69, 9.17) is 4.74 Å². The Labute approximate surface area is 154 Å². The van der Waals surface area contributed by atoms with Crippen LogP contribution in [0.4, 0.5) is 4.79 Å². The fourth-order valence-electron chi connectivity index (χ4n) is 2.42. The number of amides is 2. The number of pyridine rings is 1. The summed E-state index contributed by atoms with van der Waals surface area (Å²) in [6, 6.07) is 11.4. The van der Waals surface area contributed by atoms with Gasteiger partial charge in [0.25, 0.3) is 5.91 Å². The second kappa shape index (κ2) is 9.17. The fourth-order valence-corrected chi connectivity index (χ4v) is 2.42. The predicted molar refractivity (Wildman–Crippen MR) is 102 cm³/mol. The number of hydrogen-bond acceptors (Lipinski definition) is 4. The molecule has 0 aliphatic heterocycles. The van der Waals surface area contributed by atoms with Gasteiger partial charge in [-0.3, -0.25) is 4.79 Å². The standard InChI is InChI=1S/C20H27N3O3/c1-20(2,3)26-19(25)22-14-8-4-7-13-21-18(24)17-12-11-15-9-5-6-10-16(15)23-17/h5-6,9-12H,4,7-8,13-14H2,1-3H3,(H,21,24)(H,22,25). The molecule has 2 aromatic rings. The molecule has 2 N–H and O–H groups in total. The van der Waals surface area contributed by atoms with Gasteiger partial charge in [-0.2, -0.15) is 0 Å². The number of benzene rings is 1. The minimum absolute atomic E-state index is 0.164. The van der Waals surface area contributed by atoms with Crippen LogP contribution in [0, 0.1) is 0 Å². The van der Waals surface area contributed by atoms with E-state index in [1.165, 1.54) is 0 Å². The average molecular weight is 357 g/mol. The number of unbranched alkanes of at least 4 members (excludes halogenated alkanes) is 2. The first kappa shape index (κ1) is 19.7. The van der Waals surface area contributed by atoms with Crippen molar-refractivity contribution in [3.63, 3.8) is 0 Å². The van der Waals surface area contributed by atoms with E-state index in [-0.39, 0.29) is 5.91 Å². The lowest BCUT2D eigenvalue weighted by molar-refractivity contribution is 0.0527. The molecule has 1 aromatic heterocycles.